The number of aromatic carboxylic acids is 1. The summed E-state index contributed by atoms with van der Waals surface area (Å²) in [6.07, 6.45) is 2.90. The molecule has 242 valence electrons. The lowest BCUT2D eigenvalue weighted by Crippen LogP contribution is -2.30. The van der Waals surface area contributed by atoms with Crippen LogP contribution in [0.2, 0.25) is 5.15 Å². The lowest BCUT2D eigenvalue weighted by atomic mass is 9.77. The van der Waals surface area contributed by atoms with Crippen LogP contribution < -0.4 is 15.7 Å². The molecule has 0 atom stereocenters. The van der Waals surface area contributed by atoms with Gasteiger partial charge in [-0.15, -0.1) is 0 Å². The number of rotatable bonds is 14. The Balaban J connectivity index is 1.73. The molecule has 3 aromatic carbocycles. The van der Waals surface area contributed by atoms with Crippen LogP contribution in [0.1, 0.15) is 64.5 Å². The number of carbonyl (C=O) groups is 2. The highest BCUT2D eigenvalue weighted by atomic mass is 35.5. The summed E-state index contributed by atoms with van der Waals surface area (Å²) in [5.74, 6) is -0.651. The molecule has 0 aliphatic carbocycles. The molecule has 0 bridgehead atoms. The van der Waals surface area contributed by atoms with Crippen LogP contribution in [0.4, 0.5) is 0 Å². The topological polar surface area (TPSA) is 180 Å². The Bertz CT molecular complexity index is 1930. The fourth-order valence-corrected chi connectivity index (χ4v) is 5.86. The molecule has 0 saturated heterocycles. The molecule has 5 aromatic rings. The monoisotopic (exact) mass is 658 g/mol. The third-order valence-electron chi connectivity index (χ3n) is 7.94. The third-order valence-corrected chi connectivity index (χ3v) is 8.21. The minimum absolute atomic E-state index is 0.0663. The fourth-order valence-electron chi connectivity index (χ4n) is 5.62. The van der Waals surface area contributed by atoms with Gasteiger partial charge >= 0.3 is 20.2 Å². The number of benzene rings is 3. The number of carbonyl (C=O) groups excluding carboxylic acids is 1. The smallest absolute Gasteiger partial charge is 0.478 e. The maximum absolute atomic E-state index is 13.1. The van der Waals surface area contributed by atoms with Crippen LogP contribution in [0, 0.1) is 0 Å². The van der Waals surface area contributed by atoms with E-state index in [4.69, 9.17) is 16.3 Å². The van der Waals surface area contributed by atoms with E-state index in [0.717, 1.165) is 18.4 Å². The zero-order valence-electron chi connectivity index (χ0n) is 25.8. The van der Waals surface area contributed by atoms with Gasteiger partial charge in [-0.1, -0.05) is 73.5 Å². The molecule has 5 N–H and O–H groups in total. The van der Waals surface area contributed by atoms with Crippen molar-refractivity contribution in [2.45, 2.75) is 46.2 Å². The summed E-state index contributed by atoms with van der Waals surface area (Å²) in [5, 5.41) is 50.0. The van der Waals surface area contributed by atoms with Crippen molar-refractivity contribution in [3.8, 4) is 17.1 Å². The molecule has 0 aliphatic rings. The first-order valence-electron chi connectivity index (χ1n) is 15.1. The highest BCUT2D eigenvalue weighted by Crippen LogP contribution is 2.36. The summed E-state index contributed by atoms with van der Waals surface area (Å²) < 4.78 is 9.16. The van der Waals surface area contributed by atoms with E-state index in [2.05, 4.69) is 9.97 Å². The summed E-state index contributed by atoms with van der Waals surface area (Å²) in [6.45, 7) is 4.34. The van der Waals surface area contributed by atoms with E-state index in [1.165, 1.54) is 12.1 Å². The van der Waals surface area contributed by atoms with Gasteiger partial charge in [-0.2, -0.15) is 4.98 Å². The molecule has 0 amide bonds. The Morgan fingerprint density at radius 1 is 0.915 bits per heavy atom. The number of aldehydes is 1. The lowest BCUT2D eigenvalue weighted by molar-refractivity contribution is 0.0699. The number of hydrogen-bond donors (Lipinski definition) is 5. The third kappa shape index (κ3) is 6.97. The van der Waals surface area contributed by atoms with Crippen LogP contribution in [0.3, 0.4) is 0 Å². The molecule has 5 rings (SSSR count). The molecule has 0 aliphatic heterocycles. The number of carboxylic acids is 1. The molecule has 0 saturated carbocycles. The van der Waals surface area contributed by atoms with Crippen LogP contribution in [0.25, 0.3) is 22.2 Å². The number of hydrogen-bond acceptors (Lipinski definition) is 9. The van der Waals surface area contributed by atoms with Crippen LogP contribution in [0.15, 0.2) is 54.6 Å². The van der Waals surface area contributed by atoms with Gasteiger partial charge in [-0.05, 0) is 52.6 Å². The second kappa shape index (κ2) is 14.5. The molecule has 12 nitrogen and oxygen atoms in total. The van der Waals surface area contributed by atoms with Gasteiger partial charge in [0, 0.05) is 6.42 Å². The van der Waals surface area contributed by atoms with Gasteiger partial charge in [-0.25, -0.2) is 9.78 Å². The van der Waals surface area contributed by atoms with Gasteiger partial charge in [0.05, 0.1) is 36.3 Å². The predicted octanol–water partition coefficient (Wildman–Crippen LogP) is 2.26. The largest absolute Gasteiger partial charge is 0.488 e. The second-order valence-electron chi connectivity index (χ2n) is 11.0. The molecule has 0 unspecified atom stereocenters. The van der Waals surface area contributed by atoms with Gasteiger partial charge in [-0.3, -0.25) is 9.36 Å². The molecule has 15 heteroatoms. The number of halogens is 1. The Morgan fingerprint density at radius 3 is 2.23 bits per heavy atom. The van der Waals surface area contributed by atoms with E-state index in [1.807, 2.05) is 6.92 Å². The average molecular weight is 659 g/mol. The van der Waals surface area contributed by atoms with E-state index < -0.39 is 20.2 Å². The van der Waals surface area contributed by atoms with E-state index in [1.54, 1.807) is 58.5 Å². The maximum Gasteiger partial charge on any atom is 0.488 e. The molecule has 0 fully saturated rings. The standard InChI is InChI=1S/C32H33B2ClN4O8/c1-3-5-6-27-37-30(35)26(18-40)38(27)17-20-9-12-22(34(45)46)15-24(20)23-13-14-25-29(28(23)31(41)42)39(32(36-25)47-4-2)16-19-7-10-21(11-8-19)33(43)44/h7-15,18,43-46H,3-6,16-17H2,1-2H3,(H,41,42). The van der Waals surface area contributed by atoms with Crippen LogP contribution in [0.5, 0.6) is 6.01 Å². The van der Waals surface area contributed by atoms with Crippen molar-refractivity contribution in [2.24, 2.45) is 0 Å². The lowest BCUT2D eigenvalue weighted by Gasteiger charge is -2.18. The van der Waals surface area contributed by atoms with Crippen LogP contribution in [-0.2, 0) is 19.5 Å². The molecule has 0 radical (unpaired) electrons. The number of ether oxygens (including phenoxy) is 1. The first-order valence-corrected chi connectivity index (χ1v) is 15.5. The summed E-state index contributed by atoms with van der Waals surface area (Å²) >= 11 is 6.33. The van der Waals surface area contributed by atoms with Crippen LogP contribution >= 0.6 is 11.6 Å². The van der Waals surface area contributed by atoms with Crippen LogP contribution in [-0.4, -0.2) is 77.4 Å². The van der Waals surface area contributed by atoms with Gasteiger partial charge in [0.1, 0.15) is 11.5 Å². The zero-order valence-corrected chi connectivity index (χ0v) is 26.6. The molecule has 2 aromatic heterocycles. The number of imidazole rings is 2. The predicted molar refractivity (Wildman–Crippen MR) is 179 cm³/mol. The summed E-state index contributed by atoms with van der Waals surface area (Å²) in [6, 6.07) is 14.7. The average Bonchev–Trinajstić information content (AvgIpc) is 3.54. The van der Waals surface area contributed by atoms with Gasteiger partial charge < -0.3 is 34.5 Å². The molecule has 47 heavy (non-hydrogen) atoms. The molecular weight excluding hydrogens is 625 g/mol. The van der Waals surface area contributed by atoms with Crippen molar-refractivity contribution in [1.29, 1.82) is 0 Å². The van der Waals surface area contributed by atoms with E-state index in [9.17, 15) is 34.8 Å². The summed E-state index contributed by atoms with van der Waals surface area (Å²) in [5.41, 5.74) is 3.14. The number of carboxylic acid groups (broad SMARTS) is 1. The highest BCUT2D eigenvalue weighted by Gasteiger charge is 2.26. The minimum Gasteiger partial charge on any atom is -0.478 e. The van der Waals surface area contributed by atoms with E-state index >= 15 is 0 Å². The summed E-state index contributed by atoms with van der Waals surface area (Å²) in [7, 11) is -3.46. The maximum atomic E-state index is 13.1. The normalized spacial score (nSPS) is 11.2. The number of aryl methyl sites for hydroxylation is 1. The van der Waals surface area contributed by atoms with Gasteiger partial charge in [0.25, 0.3) is 6.01 Å². The highest BCUT2D eigenvalue weighted by molar-refractivity contribution is 6.59. The van der Waals surface area contributed by atoms with Gasteiger partial charge in [0.15, 0.2) is 11.4 Å². The summed E-state index contributed by atoms with van der Waals surface area (Å²) in [4.78, 5) is 34.2. The minimum atomic E-state index is -1.83. The SMILES string of the molecule is CCCCc1nc(Cl)c(C=O)n1Cc1ccc(B(O)O)cc1-c1ccc2nc(OCC)n(Cc3ccc(B(O)O)cc3)c2c1C(=O)O. The quantitative estimate of drug-likeness (QED) is 0.0878. The zero-order chi connectivity index (χ0) is 33.8. The van der Waals surface area contributed by atoms with Crippen molar-refractivity contribution in [3.05, 3.63) is 88.0 Å². The fraction of sp³-hybridized carbons (Fsp3) is 0.250. The Labute approximate surface area is 276 Å². The van der Waals surface area contributed by atoms with Crippen molar-refractivity contribution in [2.75, 3.05) is 6.61 Å². The number of unbranched alkanes of at least 4 members (excludes halogenated alkanes) is 1. The Morgan fingerprint density at radius 2 is 1.62 bits per heavy atom. The van der Waals surface area contributed by atoms with E-state index in [-0.39, 0.29) is 58.7 Å². The van der Waals surface area contributed by atoms with Gasteiger partial charge in [0.2, 0.25) is 0 Å². The molecular formula is C32H33B2ClN4O8. The van der Waals surface area contributed by atoms with Crippen molar-refractivity contribution < 1.29 is 39.5 Å². The number of nitrogens with zero attached hydrogens (tertiary/aromatic N) is 4. The van der Waals surface area contributed by atoms with Crippen molar-refractivity contribution in [1.82, 2.24) is 19.1 Å². The second-order valence-corrected chi connectivity index (χ2v) is 11.3. The first-order chi connectivity index (χ1) is 22.6. The Kier molecular flexibility index (Phi) is 10.5. The molecule has 2 heterocycles. The van der Waals surface area contributed by atoms with Crippen molar-refractivity contribution in [3.63, 3.8) is 0 Å². The Hall–Kier alpha value is -4.46. The first kappa shape index (κ1) is 33.9. The van der Waals surface area contributed by atoms with E-state index in [0.29, 0.717) is 40.6 Å². The number of aromatic nitrogens is 4. The number of fused-ring (bicyclic) bond motifs is 1. The molecule has 0 spiro atoms. The van der Waals surface area contributed by atoms with Crippen molar-refractivity contribution >= 4 is 60.1 Å².